The number of furan rings is 1. The molecule has 0 aliphatic heterocycles. The number of rotatable bonds is 3. The smallest absolute Gasteiger partial charge is 0.160 e. The van der Waals surface area contributed by atoms with Crippen LogP contribution in [0.5, 0.6) is 0 Å². The predicted molar refractivity (Wildman–Crippen MR) is 184 cm³/mol. The molecule has 0 bridgehead atoms. The Kier molecular flexibility index (Phi) is 5.20. The Labute approximate surface area is 266 Å². The van der Waals surface area contributed by atoms with Gasteiger partial charge in [-0.05, 0) is 46.0 Å². The van der Waals surface area contributed by atoms with Gasteiger partial charge in [-0.3, -0.25) is 0 Å². The second kappa shape index (κ2) is 9.47. The Morgan fingerprint density at radius 1 is 0.435 bits per heavy atom. The lowest BCUT2D eigenvalue weighted by atomic mass is 9.70. The Balaban J connectivity index is 1.28. The fourth-order valence-electron chi connectivity index (χ4n) is 7.82. The molecule has 3 heteroatoms. The molecule has 8 aromatic rings. The number of benzene rings is 6. The molecular formula is C43H26N2O. The van der Waals surface area contributed by atoms with Crippen molar-refractivity contribution < 1.29 is 4.42 Å². The lowest BCUT2D eigenvalue weighted by Gasteiger charge is -2.30. The monoisotopic (exact) mass is 586 g/mol. The minimum atomic E-state index is -0.528. The summed E-state index contributed by atoms with van der Waals surface area (Å²) in [6.45, 7) is 0. The van der Waals surface area contributed by atoms with Gasteiger partial charge in [0.05, 0.1) is 16.8 Å². The summed E-state index contributed by atoms with van der Waals surface area (Å²) >= 11 is 0. The van der Waals surface area contributed by atoms with Gasteiger partial charge in [-0.15, -0.1) is 0 Å². The van der Waals surface area contributed by atoms with Crippen LogP contribution in [0.25, 0.3) is 67.3 Å². The molecule has 2 aliphatic rings. The van der Waals surface area contributed by atoms with Gasteiger partial charge in [-0.2, -0.15) is 0 Å². The first-order valence-electron chi connectivity index (χ1n) is 15.7. The second-order valence-corrected chi connectivity index (χ2v) is 12.1. The number of para-hydroxylation sites is 1. The minimum absolute atomic E-state index is 0.528. The molecule has 0 unspecified atom stereocenters. The summed E-state index contributed by atoms with van der Waals surface area (Å²) in [4.78, 5) is 10.4. The fraction of sp³-hybridized carbons (Fsp3) is 0.0233. The van der Waals surface area contributed by atoms with Crippen molar-refractivity contribution in [3.8, 4) is 56.4 Å². The third-order valence-corrected chi connectivity index (χ3v) is 9.71. The molecule has 0 amide bonds. The molecule has 2 heterocycles. The van der Waals surface area contributed by atoms with Crippen molar-refractivity contribution in [3.63, 3.8) is 0 Å². The molecule has 0 saturated heterocycles. The molecule has 0 atom stereocenters. The summed E-state index contributed by atoms with van der Waals surface area (Å²) in [7, 11) is 0. The second-order valence-electron chi connectivity index (χ2n) is 12.1. The summed E-state index contributed by atoms with van der Waals surface area (Å²) in [5.41, 5.74) is 13.9. The molecule has 214 valence electrons. The number of nitrogens with zero attached hydrogens (tertiary/aromatic N) is 2. The van der Waals surface area contributed by atoms with E-state index in [1.807, 2.05) is 12.1 Å². The van der Waals surface area contributed by atoms with E-state index in [9.17, 15) is 0 Å². The number of hydrogen-bond acceptors (Lipinski definition) is 3. The first kappa shape index (κ1) is 25.3. The van der Waals surface area contributed by atoms with Crippen molar-refractivity contribution in [1.82, 2.24) is 9.97 Å². The van der Waals surface area contributed by atoms with E-state index < -0.39 is 5.41 Å². The molecule has 3 nitrogen and oxygen atoms in total. The van der Waals surface area contributed by atoms with Crippen LogP contribution in [0.3, 0.4) is 0 Å². The maximum atomic E-state index is 6.72. The molecule has 1 spiro atoms. The summed E-state index contributed by atoms with van der Waals surface area (Å²) < 4.78 is 6.72. The highest BCUT2D eigenvalue weighted by atomic mass is 16.3. The van der Waals surface area contributed by atoms with E-state index >= 15 is 0 Å². The first-order valence-corrected chi connectivity index (χ1v) is 15.7. The molecule has 6 aromatic carbocycles. The molecular weight excluding hydrogens is 560 g/mol. The molecule has 0 N–H and O–H groups in total. The van der Waals surface area contributed by atoms with E-state index in [1.54, 1.807) is 0 Å². The highest BCUT2D eigenvalue weighted by Crippen LogP contribution is 2.65. The average molecular weight is 587 g/mol. The summed E-state index contributed by atoms with van der Waals surface area (Å²) in [5, 5.41) is 1.15. The van der Waals surface area contributed by atoms with Crippen LogP contribution in [0.2, 0.25) is 0 Å². The van der Waals surface area contributed by atoms with Crippen LogP contribution in [0.1, 0.15) is 22.3 Å². The van der Waals surface area contributed by atoms with E-state index in [1.165, 1.54) is 33.4 Å². The molecule has 2 aliphatic carbocycles. The topological polar surface area (TPSA) is 38.9 Å². The zero-order valence-corrected chi connectivity index (χ0v) is 24.8. The van der Waals surface area contributed by atoms with Gasteiger partial charge in [0.25, 0.3) is 0 Å². The van der Waals surface area contributed by atoms with E-state index in [0.29, 0.717) is 5.82 Å². The molecule has 46 heavy (non-hydrogen) atoms. The fourth-order valence-corrected chi connectivity index (χ4v) is 7.82. The molecule has 0 saturated carbocycles. The van der Waals surface area contributed by atoms with Gasteiger partial charge < -0.3 is 4.42 Å². The largest absolute Gasteiger partial charge is 0.456 e. The van der Waals surface area contributed by atoms with Crippen LogP contribution in [0, 0.1) is 0 Å². The maximum absolute atomic E-state index is 6.72. The van der Waals surface area contributed by atoms with E-state index in [0.717, 1.165) is 50.4 Å². The average Bonchev–Trinajstić information content (AvgIpc) is 3.75. The van der Waals surface area contributed by atoms with Crippen molar-refractivity contribution in [1.29, 1.82) is 0 Å². The van der Waals surface area contributed by atoms with Crippen LogP contribution in [0.15, 0.2) is 162 Å². The van der Waals surface area contributed by atoms with E-state index in [4.69, 9.17) is 14.4 Å². The number of hydrogen-bond donors (Lipinski definition) is 0. The van der Waals surface area contributed by atoms with Crippen LogP contribution < -0.4 is 0 Å². The highest BCUT2D eigenvalue weighted by molar-refractivity contribution is 6.02. The number of aromatic nitrogens is 2. The van der Waals surface area contributed by atoms with Crippen molar-refractivity contribution >= 4 is 11.0 Å². The van der Waals surface area contributed by atoms with Gasteiger partial charge in [0, 0.05) is 33.2 Å². The van der Waals surface area contributed by atoms with Crippen molar-refractivity contribution in [2.75, 3.05) is 0 Å². The van der Waals surface area contributed by atoms with Gasteiger partial charge >= 0.3 is 0 Å². The minimum Gasteiger partial charge on any atom is -0.456 e. The highest BCUT2D eigenvalue weighted by Gasteiger charge is 2.54. The molecule has 0 radical (unpaired) electrons. The third kappa shape index (κ3) is 3.37. The van der Waals surface area contributed by atoms with Gasteiger partial charge in [-0.1, -0.05) is 140 Å². The predicted octanol–water partition coefficient (Wildman–Crippen LogP) is 10.6. The number of fused-ring (bicyclic) bond motifs is 12. The van der Waals surface area contributed by atoms with Gasteiger partial charge in [0.1, 0.15) is 11.3 Å². The van der Waals surface area contributed by atoms with E-state index in [2.05, 4.69) is 146 Å². The van der Waals surface area contributed by atoms with E-state index in [-0.39, 0.29) is 0 Å². The van der Waals surface area contributed by atoms with Crippen LogP contribution in [0.4, 0.5) is 0 Å². The molecule has 0 fully saturated rings. The summed E-state index contributed by atoms with van der Waals surface area (Å²) in [6, 6.07) is 55.6. The van der Waals surface area contributed by atoms with Crippen LogP contribution in [-0.4, -0.2) is 9.97 Å². The first-order chi connectivity index (χ1) is 22.8. The van der Waals surface area contributed by atoms with Gasteiger partial charge in [-0.25, -0.2) is 9.97 Å². The standard InChI is InChI=1S/C43H26N2O/c1-3-13-27(14-4-1)37-26-38(28-15-5-2-6-16-28)45-42(44-37)29-23-24-32-36(25-29)43(40-33-19-9-12-22-39(33)46-41(32)40)34-20-10-7-17-30(34)31-18-8-11-21-35(31)43/h1-26H. The zero-order valence-electron chi connectivity index (χ0n) is 24.8. The SMILES string of the molecule is c1ccc(-c2cc(-c3ccccc3)nc(-c3ccc4c(c3)C3(c5ccccc5-c5ccccc53)c3c-4oc4ccccc34)n2)cc1. The summed E-state index contributed by atoms with van der Waals surface area (Å²) in [6.07, 6.45) is 0. The normalized spacial score (nSPS) is 13.4. The van der Waals surface area contributed by atoms with Gasteiger partial charge in [0.15, 0.2) is 5.82 Å². The Bertz CT molecular complexity index is 2370. The molecule has 2 aromatic heterocycles. The summed E-state index contributed by atoms with van der Waals surface area (Å²) in [5.74, 6) is 1.64. The van der Waals surface area contributed by atoms with Crippen molar-refractivity contribution in [2.45, 2.75) is 5.41 Å². The van der Waals surface area contributed by atoms with Crippen molar-refractivity contribution in [3.05, 3.63) is 180 Å². The Morgan fingerprint density at radius 3 is 1.65 bits per heavy atom. The van der Waals surface area contributed by atoms with Gasteiger partial charge in [0.2, 0.25) is 0 Å². The third-order valence-electron chi connectivity index (χ3n) is 9.71. The lowest BCUT2D eigenvalue weighted by Crippen LogP contribution is -2.25. The Hall–Kier alpha value is -6.06. The molecule has 10 rings (SSSR count). The van der Waals surface area contributed by atoms with Crippen LogP contribution in [-0.2, 0) is 5.41 Å². The quantitative estimate of drug-likeness (QED) is 0.207. The maximum Gasteiger partial charge on any atom is 0.160 e. The lowest BCUT2D eigenvalue weighted by molar-refractivity contribution is 0.628. The van der Waals surface area contributed by atoms with Crippen molar-refractivity contribution in [2.24, 2.45) is 0 Å². The van der Waals surface area contributed by atoms with Crippen LogP contribution >= 0.6 is 0 Å². The Morgan fingerprint density at radius 2 is 1.00 bits per heavy atom. The zero-order chi connectivity index (χ0) is 30.2.